The molecule has 0 unspecified atom stereocenters. The van der Waals surface area contributed by atoms with Gasteiger partial charge in [0.2, 0.25) is 5.91 Å². The fourth-order valence-electron chi connectivity index (χ4n) is 3.72. The Hall–Kier alpha value is -3.54. The molecule has 0 saturated heterocycles. The molecule has 1 aromatic carbocycles. The monoisotopic (exact) mass is 446 g/mol. The van der Waals surface area contributed by atoms with Crippen LogP contribution < -0.4 is 5.32 Å². The van der Waals surface area contributed by atoms with Crippen LogP contribution in [0.25, 0.3) is 27.5 Å². The number of rotatable bonds is 3. The molecule has 152 valence electrons. The molecule has 4 aromatic rings. The molecule has 0 radical (unpaired) electrons. The van der Waals surface area contributed by atoms with Crippen molar-refractivity contribution in [1.29, 1.82) is 5.26 Å². The van der Waals surface area contributed by atoms with Crippen molar-refractivity contribution in [3.63, 3.8) is 0 Å². The van der Waals surface area contributed by atoms with E-state index in [4.69, 9.17) is 16.7 Å². The van der Waals surface area contributed by atoms with E-state index in [9.17, 15) is 10.1 Å². The first-order valence-corrected chi connectivity index (χ1v) is 10.7. The number of hydrogen-bond donors (Lipinski definition) is 1. The first-order valence-electron chi connectivity index (χ1n) is 9.55. The molecule has 1 aliphatic rings. The maximum Gasteiger partial charge on any atom is 0.223 e. The molecule has 5 rings (SSSR count). The Morgan fingerprint density at radius 2 is 2.19 bits per heavy atom. The number of halogens is 1. The van der Waals surface area contributed by atoms with E-state index in [0.717, 1.165) is 51.6 Å². The molecule has 31 heavy (non-hydrogen) atoms. The Balaban J connectivity index is 1.75. The van der Waals surface area contributed by atoms with E-state index < -0.39 is 0 Å². The number of carbonyl (C=O) groups excluding carboxylic acids is 1. The molecular formula is C22H15ClN6OS. The highest BCUT2D eigenvalue weighted by Crippen LogP contribution is 2.44. The lowest BCUT2D eigenvalue weighted by Gasteiger charge is -2.14. The van der Waals surface area contributed by atoms with E-state index >= 15 is 0 Å². The van der Waals surface area contributed by atoms with E-state index in [1.54, 1.807) is 24.5 Å². The summed E-state index contributed by atoms with van der Waals surface area (Å²) in [5.74, 6) is -0.158. The molecular weight excluding hydrogens is 432 g/mol. The van der Waals surface area contributed by atoms with Gasteiger partial charge in [-0.25, -0.2) is 9.67 Å². The number of nitriles is 1. The molecule has 3 heterocycles. The summed E-state index contributed by atoms with van der Waals surface area (Å²) >= 11 is 7.75. The fourth-order valence-corrected chi connectivity index (χ4v) is 5.05. The summed E-state index contributed by atoms with van der Waals surface area (Å²) in [4.78, 5) is 21.4. The van der Waals surface area contributed by atoms with Crippen LogP contribution >= 0.6 is 22.9 Å². The number of nitrogens with one attached hydrogen (secondary N) is 1. The normalized spacial score (nSPS) is 12.0. The third-order valence-corrected chi connectivity index (χ3v) is 6.38. The minimum Gasteiger partial charge on any atom is -0.302 e. The summed E-state index contributed by atoms with van der Waals surface area (Å²) < 4.78 is 1.85. The van der Waals surface area contributed by atoms with Gasteiger partial charge < -0.3 is 5.32 Å². The molecule has 0 atom stereocenters. The van der Waals surface area contributed by atoms with Crippen molar-refractivity contribution in [3.8, 4) is 33.6 Å². The Morgan fingerprint density at radius 3 is 2.90 bits per heavy atom. The standard InChI is InChI=1S/C22H15ClN6OS/c1-12(30)26-22-27-18-7-6-16-19(14-3-2-8-25-11-14)28-29(20(16)21(18)31-22)15-5-4-13(10-24)17(23)9-15/h2-5,8-9,11H,6-7H2,1H3,(H,26,27,30). The maximum atomic E-state index is 11.5. The predicted octanol–water partition coefficient (Wildman–Crippen LogP) is 4.64. The molecule has 1 N–H and O–H groups in total. The van der Waals surface area contributed by atoms with Gasteiger partial charge in [-0.1, -0.05) is 22.9 Å². The molecule has 0 bridgehead atoms. The molecule has 0 spiro atoms. The number of anilines is 1. The topological polar surface area (TPSA) is 96.5 Å². The van der Waals surface area contributed by atoms with Gasteiger partial charge in [-0.05, 0) is 43.2 Å². The second-order valence-electron chi connectivity index (χ2n) is 7.08. The fraction of sp³-hybridized carbons (Fsp3) is 0.136. The third-order valence-electron chi connectivity index (χ3n) is 5.04. The summed E-state index contributed by atoms with van der Waals surface area (Å²) in [6.07, 6.45) is 5.04. The maximum absolute atomic E-state index is 11.5. The van der Waals surface area contributed by atoms with Crippen molar-refractivity contribution in [1.82, 2.24) is 19.7 Å². The third kappa shape index (κ3) is 3.38. The highest BCUT2D eigenvalue weighted by Gasteiger charge is 2.30. The smallest absolute Gasteiger partial charge is 0.223 e. The number of fused-ring (bicyclic) bond motifs is 3. The van der Waals surface area contributed by atoms with Crippen LogP contribution in [0.5, 0.6) is 0 Å². The Morgan fingerprint density at radius 1 is 1.32 bits per heavy atom. The summed E-state index contributed by atoms with van der Waals surface area (Å²) in [5, 5.41) is 17.9. The number of aromatic nitrogens is 4. The van der Waals surface area contributed by atoms with Crippen molar-refractivity contribution in [3.05, 3.63) is 64.6 Å². The molecule has 0 aliphatic heterocycles. The van der Waals surface area contributed by atoms with Crippen molar-refractivity contribution < 1.29 is 4.79 Å². The number of pyridine rings is 1. The van der Waals surface area contributed by atoms with Crippen molar-refractivity contribution in [2.45, 2.75) is 19.8 Å². The van der Waals surface area contributed by atoms with Gasteiger partial charge >= 0.3 is 0 Å². The van der Waals surface area contributed by atoms with Gasteiger partial charge in [0, 0.05) is 30.4 Å². The zero-order valence-electron chi connectivity index (χ0n) is 16.4. The van der Waals surface area contributed by atoms with Crippen LogP contribution in [-0.4, -0.2) is 25.7 Å². The first kappa shape index (κ1) is 19.4. The zero-order valence-corrected chi connectivity index (χ0v) is 18.0. The minimum atomic E-state index is -0.158. The molecule has 0 fully saturated rings. The van der Waals surface area contributed by atoms with Gasteiger partial charge in [0.05, 0.1) is 38.2 Å². The Bertz CT molecular complexity index is 1370. The van der Waals surface area contributed by atoms with Crippen molar-refractivity contribution in [2.24, 2.45) is 0 Å². The van der Waals surface area contributed by atoms with E-state index in [1.807, 2.05) is 22.9 Å². The van der Waals surface area contributed by atoms with Crippen molar-refractivity contribution >= 4 is 34.0 Å². The largest absolute Gasteiger partial charge is 0.302 e. The summed E-state index contributed by atoms with van der Waals surface area (Å²) in [5.41, 5.74) is 5.88. The van der Waals surface area contributed by atoms with E-state index in [0.29, 0.717) is 15.7 Å². The molecule has 3 aromatic heterocycles. The number of carbonyl (C=O) groups is 1. The molecule has 9 heteroatoms. The quantitative estimate of drug-likeness (QED) is 0.494. The van der Waals surface area contributed by atoms with Crippen LogP contribution in [-0.2, 0) is 17.6 Å². The molecule has 7 nitrogen and oxygen atoms in total. The van der Waals surface area contributed by atoms with Gasteiger partial charge in [-0.15, -0.1) is 0 Å². The Labute approximate surface area is 187 Å². The summed E-state index contributed by atoms with van der Waals surface area (Å²) in [6, 6.07) is 11.2. The van der Waals surface area contributed by atoms with Crippen LogP contribution in [0.3, 0.4) is 0 Å². The van der Waals surface area contributed by atoms with Gasteiger partial charge in [0.25, 0.3) is 0 Å². The average Bonchev–Trinajstić information content (AvgIpc) is 3.34. The van der Waals surface area contributed by atoms with E-state index in [2.05, 4.69) is 21.4 Å². The molecule has 0 saturated carbocycles. The van der Waals surface area contributed by atoms with Crippen LogP contribution in [0, 0.1) is 11.3 Å². The highest BCUT2D eigenvalue weighted by atomic mass is 35.5. The minimum absolute atomic E-state index is 0.158. The van der Waals surface area contributed by atoms with Crippen LogP contribution in [0.15, 0.2) is 42.7 Å². The average molecular weight is 447 g/mol. The van der Waals surface area contributed by atoms with Gasteiger partial charge in [-0.3, -0.25) is 9.78 Å². The van der Waals surface area contributed by atoms with Gasteiger partial charge in [0.1, 0.15) is 6.07 Å². The second kappa shape index (κ2) is 7.61. The lowest BCUT2D eigenvalue weighted by atomic mass is 9.95. The van der Waals surface area contributed by atoms with E-state index in [-0.39, 0.29) is 5.91 Å². The van der Waals surface area contributed by atoms with E-state index in [1.165, 1.54) is 18.3 Å². The predicted molar refractivity (Wildman–Crippen MR) is 119 cm³/mol. The SMILES string of the molecule is CC(=O)Nc1nc2c(s1)-c1c(c(-c3cccnc3)nn1-c1ccc(C#N)c(Cl)c1)CC2. The number of benzene rings is 1. The van der Waals surface area contributed by atoms with Gasteiger partial charge in [0.15, 0.2) is 5.13 Å². The molecule has 1 amide bonds. The lowest BCUT2D eigenvalue weighted by molar-refractivity contribution is -0.114. The Kier molecular flexibility index (Phi) is 4.77. The van der Waals surface area contributed by atoms with Crippen LogP contribution in [0.1, 0.15) is 23.7 Å². The number of amides is 1. The number of hydrogen-bond acceptors (Lipinski definition) is 6. The lowest BCUT2D eigenvalue weighted by Crippen LogP contribution is -2.07. The second-order valence-corrected chi connectivity index (χ2v) is 8.49. The number of aryl methyl sites for hydroxylation is 1. The number of thiazole rings is 1. The number of nitrogens with zero attached hydrogens (tertiary/aromatic N) is 5. The zero-order chi connectivity index (χ0) is 21.5. The van der Waals surface area contributed by atoms with Crippen LogP contribution in [0.4, 0.5) is 5.13 Å². The van der Waals surface area contributed by atoms with Gasteiger partial charge in [-0.2, -0.15) is 10.4 Å². The van der Waals surface area contributed by atoms with Crippen molar-refractivity contribution in [2.75, 3.05) is 5.32 Å². The van der Waals surface area contributed by atoms with Crippen LogP contribution in [0.2, 0.25) is 5.02 Å². The first-order chi connectivity index (χ1) is 15.0. The molecule has 1 aliphatic carbocycles. The highest BCUT2D eigenvalue weighted by molar-refractivity contribution is 7.19. The summed E-state index contributed by atoms with van der Waals surface area (Å²) in [6.45, 7) is 1.47. The summed E-state index contributed by atoms with van der Waals surface area (Å²) in [7, 11) is 0.